The molecular weight excluding hydrogens is 402 g/mol. The van der Waals surface area contributed by atoms with Gasteiger partial charge in [0.2, 0.25) is 5.91 Å². The number of aryl methyl sites for hydroxylation is 3. The van der Waals surface area contributed by atoms with Crippen molar-refractivity contribution in [1.29, 1.82) is 0 Å². The predicted octanol–water partition coefficient (Wildman–Crippen LogP) is 4.19. The molecule has 6 heteroatoms. The van der Waals surface area contributed by atoms with Crippen LogP contribution in [0.1, 0.15) is 46.3 Å². The van der Waals surface area contributed by atoms with Gasteiger partial charge in [0, 0.05) is 30.2 Å². The molecule has 0 unspecified atom stereocenters. The van der Waals surface area contributed by atoms with Crippen LogP contribution in [-0.4, -0.2) is 34.4 Å². The smallest absolute Gasteiger partial charge is 0.254 e. The minimum absolute atomic E-state index is 0.111. The Morgan fingerprint density at radius 1 is 0.938 bits per heavy atom. The van der Waals surface area contributed by atoms with Crippen LogP contribution in [0.3, 0.4) is 0 Å². The molecule has 1 fully saturated rings. The van der Waals surface area contributed by atoms with Gasteiger partial charge in [0.15, 0.2) is 0 Å². The van der Waals surface area contributed by atoms with E-state index in [4.69, 9.17) is 0 Å². The molecular formula is C26H29N3O3. The Balaban J connectivity index is 1.67. The average Bonchev–Trinajstić information content (AvgIpc) is 2.78. The van der Waals surface area contributed by atoms with Crippen LogP contribution in [0.4, 0.5) is 5.69 Å². The third kappa shape index (κ3) is 4.31. The monoisotopic (exact) mass is 431 g/mol. The van der Waals surface area contributed by atoms with Crippen molar-refractivity contribution < 1.29 is 9.59 Å². The number of nitrogens with one attached hydrogen (secondary N) is 1. The fraction of sp³-hybridized carbons (Fsp3) is 0.346. The molecule has 2 heterocycles. The second-order valence-electron chi connectivity index (χ2n) is 8.67. The molecule has 0 saturated carbocycles. The van der Waals surface area contributed by atoms with Gasteiger partial charge >= 0.3 is 0 Å². The Morgan fingerprint density at radius 3 is 2.28 bits per heavy atom. The Morgan fingerprint density at radius 2 is 1.59 bits per heavy atom. The highest BCUT2D eigenvalue weighted by Crippen LogP contribution is 2.23. The van der Waals surface area contributed by atoms with E-state index < -0.39 is 0 Å². The summed E-state index contributed by atoms with van der Waals surface area (Å²) in [6.07, 6.45) is 3.10. The van der Waals surface area contributed by atoms with E-state index in [0.29, 0.717) is 29.6 Å². The van der Waals surface area contributed by atoms with Crippen molar-refractivity contribution in [1.82, 2.24) is 9.47 Å². The maximum absolute atomic E-state index is 13.1. The van der Waals surface area contributed by atoms with Gasteiger partial charge in [-0.15, -0.1) is 0 Å². The highest BCUT2D eigenvalue weighted by Gasteiger charge is 2.22. The number of carbonyl (C=O) groups is 2. The second kappa shape index (κ2) is 8.99. The summed E-state index contributed by atoms with van der Waals surface area (Å²) in [6, 6.07) is 12.7. The van der Waals surface area contributed by atoms with Gasteiger partial charge in [-0.2, -0.15) is 0 Å². The molecule has 2 aromatic carbocycles. The zero-order valence-corrected chi connectivity index (χ0v) is 18.9. The van der Waals surface area contributed by atoms with Gasteiger partial charge < -0.3 is 10.2 Å². The molecule has 0 aliphatic carbocycles. The maximum atomic E-state index is 13.1. The second-order valence-corrected chi connectivity index (χ2v) is 8.67. The number of likely N-dealkylation sites (tertiary alicyclic amines) is 1. The van der Waals surface area contributed by atoms with Gasteiger partial charge in [0.05, 0.1) is 11.1 Å². The number of amides is 2. The van der Waals surface area contributed by atoms with Gasteiger partial charge in [-0.25, -0.2) is 0 Å². The molecule has 2 amide bonds. The summed E-state index contributed by atoms with van der Waals surface area (Å²) in [6.45, 7) is 7.24. The van der Waals surface area contributed by atoms with Gasteiger partial charge in [-0.1, -0.05) is 35.9 Å². The van der Waals surface area contributed by atoms with Crippen LogP contribution in [0.25, 0.3) is 10.9 Å². The van der Waals surface area contributed by atoms with Crippen molar-refractivity contribution in [2.75, 3.05) is 18.4 Å². The first-order valence-corrected chi connectivity index (χ1v) is 11.1. The van der Waals surface area contributed by atoms with Crippen LogP contribution in [0.5, 0.6) is 0 Å². The quantitative estimate of drug-likeness (QED) is 0.673. The number of pyridine rings is 1. The molecule has 3 aromatic rings. The molecule has 0 bridgehead atoms. The number of anilines is 1. The van der Waals surface area contributed by atoms with Gasteiger partial charge in [0.25, 0.3) is 11.5 Å². The Hall–Kier alpha value is -3.41. The summed E-state index contributed by atoms with van der Waals surface area (Å²) in [5.74, 6) is -0.386. The fourth-order valence-electron chi connectivity index (χ4n) is 4.64. The lowest BCUT2D eigenvalue weighted by Crippen LogP contribution is -2.37. The molecule has 0 atom stereocenters. The van der Waals surface area contributed by atoms with Crippen molar-refractivity contribution in [2.45, 2.75) is 46.6 Å². The van der Waals surface area contributed by atoms with Crippen molar-refractivity contribution in [3.8, 4) is 0 Å². The van der Waals surface area contributed by atoms with Crippen molar-refractivity contribution in [3.05, 3.63) is 75.1 Å². The van der Waals surface area contributed by atoms with Crippen molar-refractivity contribution >= 4 is 28.4 Å². The van der Waals surface area contributed by atoms with E-state index in [9.17, 15) is 14.4 Å². The summed E-state index contributed by atoms with van der Waals surface area (Å²) < 4.78 is 1.44. The number of hydrogen-bond acceptors (Lipinski definition) is 3. The van der Waals surface area contributed by atoms with Crippen molar-refractivity contribution in [2.24, 2.45) is 0 Å². The molecule has 1 N–H and O–H groups in total. The lowest BCUT2D eigenvalue weighted by molar-refractivity contribution is -0.116. The number of carbonyl (C=O) groups excluding carboxylic acids is 2. The number of nitrogens with zero attached hydrogens (tertiary/aromatic N) is 2. The summed E-state index contributed by atoms with van der Waals surface area (Å²) in [4.78, 5) is 40.9. The minimum atomic E-state index is -0.350. The standard InChI is InChI=1S/C26H29N3O3/c1-17-13-18(2)25(19(3)14-17)27-23(30)16-29-22-10-6-5-9-20(22)21(15-24(29)31)26(32)28-11-7-4-8-12-28/h5-6,9-10,13-15H,4,7-8,11-12,16H2,1-3H3,(H,27,30). The van der Waals surface area contributed by atoms with Crippen LogP contribution in [-0.2, 0) is 11.3 Å². The molecule has 1 aliphatic rings. The van der Waals surface area contributed by atoms with E-state index in [1.165, 1.54) is 10.6 Å². The van der Waals surface area contributed by atoms with E-state index >= 15 is 0 Å². The largest absolute Gasteiger partial charge is 0.339 e. The van der Waals surface area contributed by atoms with E-state index in [1.807, 2.05) is 56.0 Å². The molecule has 1 saturated heterocycles. The first-order chi connectivity index (χ1) is 15.3. The van der Waals surface area contributed by atoms with Crippen molar-refractivity contribution in [3.63, 3.8) is 0 Å². The van der Waals surface area contributed by atoms with Crippen LogP contribution in [0, 0.1) is 20.8 Å². The third-order valence-electron chi connectivity index (χ3n) is 6.14. The number of rotatable bonds is 4. The van der Waals surface area contributed by atoms with Gasteiger partial charge in [-0.3, -0.25) is 19.0 Å². The van der Waals surface area contributed by atoms with Gasteiger partial charge in [0.1, 0.15) is 6.54 Å². The first kappa shape index (κ1) is 21.8. The topological polar surface area (TPSA) is 71.4 Å². The summed E-state index contributed by atoms with van der Waals surface area (Å²) in [5.41, 5.74) is 4.52. The lowest BCUT2D eigenvalue weighted by atomic mass is 10.0. The van der Waals surface area contributed by atoms with Gasteiger partial charge in [-0.05, 0) is 57.2 Å². The average molecular weight is 432 g/mol. The highest BCUT2D eigenvalue weighted by molar-refractivity contribution is 6.06. The Kier molecular flexibility index (Phi) is 6.12. The van der Waals surface area contributed by atoms with E-state index in [0.717, 1.165) is 41.6 Å². The number of para-hydroxylation sites is 1. The molecule has 6 nitrogen and oxygen atoms in total. The van der Waals surface area contributed by atoms with E-state index in [1.54, 1.807) is 6.07 Å². The zero-order valence-electron chi connectivity index (χ0n) is 18.9. The SMILES string of the molecule is Cc1cc(C)c(NC(=O)Cn2c(=O)cc(C(=O)N3CCCCC3)c3ccccc32)c(C)c1. The lowest BCUT2D eigenvalue weighted by Gasteiger charge is -2.27. The van der Waals surface area contributed by atoms with Crippen LogP contribution < -0.4 is 10.9 Å². The third-order valence-corrected chi connectivity index (χ3v) is 6.14. The first-order valence-electron chi connectivity index (χ1n) is 11.1. The molecule has 1 aliphatic heterocycles. The number of piperidine rings is 1. The Labute approximate surface area is 187 Å². The summed E-state index contributed by atoms with van der Waals surface area (Å²) in [5, 5.41) is 3.65. The normalized spacial score (nSPS) is 13.9. The minimum Gasteiger partial charge on any atom is -0.339 e. The number of fused-ring (bicyclic) bond motifs is 1. The van der Waals surface area contributed by atoms with E-state index in [-0.39, 0.29) is 23.9 Å². The molecule has 0 radical (unpaired) electrons. The molecule has 1 aromatic heterocycles. The maximum Gasteiger partial charge on any atom is 0.254 e. The summed E-state index contributed by atoms with van der Waals surface area (Å²) >= 11 is 0. The Bertz CT molecular complexity index is 1230. The van der Waals surface area contributed by atoms with E-state index in [2.05, 4.69) is 5.32 Å². The van der Waals surface area contributed by atoms with Crippen LogP contribution >= 0.6 is 0 Å². The molecule has 32 heavy (non-hydrogen) atoms. The van der Waals surface area contributed by atoms with Crippen LogP contribution in [0.2, 0.25) is 0 Å². The molecule has 0 spiro atoms. The van der Waals surface area contributed by atoms with Crippen LogP contribution in [0.15, 0.2) is 47.3 Å². The predicted molar refractivity (Wildman–Crippen MR) is 127 cm³/mol. The zero-order chi connectivity index (χ0) is 22.8. The number of aromatic nitrogens is 1. The number of benzene rings is 2. The number of hydrogen-bond donors (Lipinski definition) is 1. The molecule has 166 valence electrons. The summed E-state index contributed by atoms with van der Waals surface area (Å²) in [7, 11) is 0. The fourth-order valence-corrected chi connectivity index (χ4v) is 4.64. The highest BCUT2D eigenvalue weighted by atomic mass is 16.2. The molecule has 4 rings (SSSR count).